The summed E-state index contributed by atoms with van der Waals surface area (Å²) in [6.45, 7) is 5.39. The molecule has 3 aromatic rings. The Bertz CT molecular complexity index is 844. The number of pyridine rings is 1. The lowest BCUT2D eigenvalue weighted by molar-refractivity contribution is 0.708. The van der Waals surface area contributed by atoms with Crippen molar-refractivity contribution in [3.63, 3.8) is 0 Å². The van der Waals surface area contributed by atoms with E-state index in [2.05, 4.69) is 52.1 Å². The number of hydrogen-bond donors (Lipinski definition) is 0. The second kappa shape index (κ2) is 6.32. The second-order valence-corrected chi connectivity index (χ2v) is 7.27. The van der Waals surface area contributed by atoms with Gasteiger partial charge >= 0.3 is 0 Å². The van der Waals surface area contributed by atoms with Crippen LogP contribution in [0.2, 0.25) is 0 Å². The van der Waals surface area contributed by atoms with Gasteiger partial charge in [-0.3, -0.25) is 4.98 Å². The molecule has 0 N–H and O–H groups in total. The van der Waals surface area contributed by atoms with Crippen molar-refractivity contribution in [2.75, 3.05) is 11.4 Å². The Balaban J connectivity index is 1.66. The van der Waals surface area contributed by atoms with Crippen LogP contribution in [0.3, 0.4) is 0 Å². The summed E-state index contributed by atoms with van der Waals surface area (Å²) in [6.07, 6.45) is 4.16. The van der Waals surface area contributed by atoms with Gasteiger partial charge in [0, 0.05) is 12.7 Å². The van der Waals surface area contributed by atoms with Crippen LogP contribution in [-0.2, 0) is 0 Å². The van der Waals surface area contributed by atoms with Crippen LogP contribution in [0, 0.1) is 13.8 Å². The highest BCUT2D eigenvalue weighted by molar-refractivity contribution is 7.18. The number of nitrogens with zero attached hydrogens (tertiary/aromatic N) is 4. The van der Waals surface area contributed by atoms with E-state index < -0.39 is 0 Å². The van der Waals surface area contributed by atoms with Gasteiger partial charge < -0.3 is 4.90 Å². The van der Waals surface area contributed by atoms with E-state index in [0.717, 1.165) is 22.4 Å². The third-order valence-electron chi connectivity index (χ3n) is 4.59. The molecule has 5 heteroatoms. The van der Waals surface area contributed by atoms with Crippen molar-refractivity contribution in [2.24, 2.45) is 0 Å². The van der Waals surface area contributed by atoms with Crippen LogP contribution < -0.4 is 4.90 Å². The van der Waals surface area contributed by atoms with E-state index in [1.807, 2.05) is 18.2 Å². The number of rotatable bonds is 3. The van der Waals surface area contributed by atoms with E-state index >= 15 is 0 Å². The summed E-state index contributed by atoms with van der Waals surface area (Å²) in [6, 6.07) is 13.0. The van der Waals surface area contributed by atoms with Crippen molar-refractivity contribution in [1.82, 2.24) is 15.2 Å². The summed E-state index contributed by atoms with van der Waals surface area (Å²) in [5.41, 5.74) is 4.98. The fourth-order valence-corrected chi connectivity index (χ4v) is 4.26. The minimum atomic E-state index is 0.398. The third kappa shape index (κ3) is 2.80. The number of hydrogen-bond acceptors (Lipinski definition) is 5. The molecule has 4 rings (SSSR count). The van der Waals surface area contributed by atoms with E-state index in [1.165, 1.54) is 29.5 Å². The molecule has 1 aliphatic rings. The molecule has 0 bridgehead atoms. The first-order valence-electron chi connectivity index (χ1n) is 8.31. The first kappa shape index (κ1) is 15.3. The van der Waals surface area contributed by atoms with Gasteiger partial charge in [0.1, 0.15) is 5.69 Å². The molecule has 1 atom stereocenters. The highest BCUT2D eigenvalue weighted by Crippen LogP contribution is 2.40. The zero-order valence-electron chi connectivity index (χ0n) is 13.9. The van der Waals surface area contributed by atoms with Crippen molar-refractivity contribution in [3.05, 3.63) is 59.3 Å². The normalized spacial score (nSPS) is 17.4. The molecule has 0 saturated carbocycles. The second-order valence-electron chi connectivity index (χ2n) is 6.32. The van der Waals surface area contributed by atoms with E-state index in [0.29, 0.717) is 6.04 Å². The Morgan fingerprint density at radius 1 is 1.12 bits per heavy atom. The molecule has 2 aromatic heterocycles. The summed E-state index contributed by atoms with van der Waals surface area (Å²) < 4.78 is 0. The standard InChI is InChI=1S/C19H20N4S/c1-13-8-9-14(2)15(12-13)17-7-5-11-23(17)19-22-21-18(24-19)16-6-3-4-10-20-16/h3-4,6,8-10,12,17H,5,7,11H2,1-2H3. The van der Waals surface area contributed by atoms with Gasteiger partial charge in [-0.05, 0) is 49.9 Å². The Morgan fingerprint density at radius 2 is 2.04 bits per heavy atom. The molecule has 0 spiro atoms. The maximum Gasteiger partial charge on any atom is 0.209 e. The molecule has 1 saturated heterocycles. The summed E-state index contributed by atoms with van der Waals surface area (Å²) in [4.78, 5) is 6.79. The molecule has 4 nitrogen and oxygen atoms in total. The van der Waals surface area contributed by atoms with Gasteiger partial charge in [0.15, 0.2) is 5.01 Å². The molecule has 24 heavy (non-hydrogen) atoms. The van der Waals surface area contributed by atoms with Gasteiger partial charge in [-0.15, -0.1) is 10.2 Å². The SMILES string of the molecule is Cc1ccc(C)c(C2CCCN2c2nnc(-c3ccccn3)s2)c1. The van der Waals surface area contributed by atoms with Crippen molar-refractivity contribution in [2.45, 2.75) is 32.7 Å². The molecular formula is C19H20N4S. The largest absolute Gasteiger partial charge is 0.340 e. The lowest BCUT2D eigenvalue weighted by Crippen LogP contribution is -2.23. The van der Waals surface area contributed by atoms with Crippen molar-refractivity contribution in [1.29, 1.82) is 0 Å². The van der Waals surface area contributed by atoms with Crippen LogP contribution in [0.4, 0.5) is 5.13 Å². The van der Waals surface area contributed by atoms with Gasteiger partial charge in [-0.1, -0.05) is 41.2 Å². The van der Waals surface area contributed by atoms with Gasteiger partial charge in [0.2, 0.25) is 5.13 Å². The molecular weight excluding hydrogens is 316 g/mol. The quantitative estimate of drug-likeness (QED) is 0.703. The maximum atomic E-state index is 4.46. The average molecular weight is 336 g/mol. The molecule has 1 unspecified atom stereocenters. The Labute approximate surface area is 146 Å². The number of benzene rings is 1. The van der Waals surface area contributed by atoms with Crippen LogP contribution in [0.5, 0.6) is 0 Å². The third-order valence-corrected chi connectivity index (χ3v) is 5.57. The summed E-state index contributed by atoms with van der Waals surface area (Å²) >= 11 is 1.63. The van der Waals surface area contributed by atoms with Crippen molar-refractivity contribution >= 4 is 16.5 Å². The minimum absolute atomic E-state index is 0.398. The monoisotopic (exact) mass is 336 g/mol. The van der Waals surface area contributed by atoms with E-state index in [1.54, 1.807) is 17.5 Å². The number of aromatic nitrogens is 3. The van der Waals surface area contributed by atoms with E-state index in [-0.39, 0.29) is 0 Å². The lowest BCUT2D eigenvalue weighted by atomic mass is 9.97. The fraction of sp³-hybridized carbons (Fsp3) is 0.316. The van der Waals surface area contributed by atoms with Crippen molar-refractivity contribution in [3.8, 4) is 10.7 Å². The molecule has 1 aliphatic heterocycles. The van der Waals surface area contributed by atoms with Gasteiger partial charge in [-0.25, -0.2) is 0 Å². The summed E-state index contributed by atoms with van der Waals surface area (Å²) in [5, 5.41) is 10.7. The average Bonchev–Trinajstić information content (AvgIpc) is 3.26. The lowest BCUT2D eigenvalue weighted by Gasteiger charge is -2.25. The summed E-state index contributed by atoms with van der Waals surface area (Å²) in [5.74, 6) is 0. The number of anilines is 1. The van der Waals surface area contributed by atoms with Crippen LogP contribution in [0.15, 0.2) is 42.6 Å². The Morgan fingerprint density at radius 3 is 2.88 bits per heavy atom. The van der Waals surface area contributed by atoms with Crippen molar-refractivity contribution < 1.29 is 0 Å². The fourth-order valence-electron chi connectivity index (χ4n) is 3.36. The van der Waals surface area contributed by atoms with Crippen LogP contribution in [0.25, 0.3) is 10.7 Å². The van der Waals surface area contributed by atoms with E-state index in [4.69, 9.17) is 0 Å². The Hall–Kier alpha value is -2.27. The van der Waals surface area contributed by atoms with Gasteiger partial charge in [-0.2, -0.15) is 0 Å². The highest BCUT2D eigenvalue weighted by atomic mass is 32.1. The predicted molar refractivity (Wildman–Crippen MR) is 98.4 cm³/mol. The Kier molecular flexibility index (Phi) is 4.02. The van der Waals surface area contributed by atoms with Gasteiger partial charge in [0.25, 0.3) is 0 Å². The first-order valence-corrected chi connectivity index (χ1v) is 9.13. The zero-order valence-corrected chi connectivity index (χ0v) is 14.8. The smallest absolute Gasteiger partial charge is 0.209 e. The summed E-state index contributed by atoms with van der Waals surface area (Å²) in [7, 11) is 0. The highest BCUT2D eigenvalue weighted by Gasteiger charge is 2.30. The first-order chi connectivity index (χ1) is 11.7. The van der Waals surface area contributed by atoms with Gasteiger partial charge in [0.05, 0.1) is 6.04 Å². The molecule has 122 valence electrons. The molecule has 1 fully saturated rings. The van der Waals surface area contributed by atoms with Crippen LogP contribution in [-0.4, -0.2) is 21.7 Å². The molecule has 0 amide bonds. The zero-order chi connectivity index (χ0) is 16.5. The van der Waals surface area contributed by atoms with Crippen LogP contribution >= 0.6 is 11.3 Å². The topological polar surface area (TPSA) is 41.9 Å². The maximum absolute atomic E-state index is 4.46. The molecule has 0 aliphatic carbocycles. The molecule has 0 radical (unpaired) electrons. The number of aryl methyl sites for hydroxylation is 2. The molecule has 3 heterocycles. The minimum Gasteiger partial charge on any atom is -0.340 e. The molecule has 1 aromatic carbocycles. The van der Waals surface area contributed by atoms with Crippen LogP contribution in [0.1, 0.15) is 35.6 Å². The predicted octanol–water partition coefficient (Wildman–Crippen LogP) is 4.56. The van der Waals surface area contributed by atoms with E-state index in [9.17, 15) is 0 Å².